The van der Waals surface area contributed by atoms with E-state index in [2.05, 4.69) is 39.6 Å². The predicted octanol–water partition coefficient (Wildman–Crippen LogP) is 4.09. The van der Waals surface area contributed by atoms with Gasteiger partial charge in [0.05, 0.1) is 5.56 Å². The van der Waals surface area contributed by atoms with Crippen molar-refractivity contribution in [2.45, 2.75) is 27.2 Å². The number of aromatic nitrogens is 1. The third-order valence-corrected chi connectivity index (χ3v) is 5.56. The minimum Gasteiger partial charge on any atom is -0.338 e. The maximum absolute atomic E-state index is 13.0. The van der Waals surface area contributed by atoms with Gasteiger partial charge in [-0.3, -0.25) is 4.79 Å². The molecule has 136 valence electrons. The standard InChI is InChI=1S/C19H24BrN3O.ClH/c1-13-9-17(18(24)22-8-7-19(3,11-21)12-22)14(2)23(13)16-6-4-5-15(20)10-16;/h4-6,9-10H,7-8,11-12,21H2,1-3H3;1H. The van der Waals surface area contributed by atoms with Gasteiger partial charge in [-0.1, -0.05) is 28.9 Å². The summed E-state index contributed by atoms with van der Waals surface area (Å²) in [5.74, 6) is 0.113. The molecule has 2 heterocycles. The lowest BCUT2D eigenvalue weighted by Gasteiger charge is -2.22. The third-order valence-electron chi connectivity index (χ3n) is 5.07. The molecule has 6 heteroatoms. The number of carbonyl (C=O) groups excluding carboxylic acids is 1. The van der Waals surface area contributed by atoms with Crippen molar-refractivity contribution in [2.24, 2.45) is 11.1 Å². The highest BCUT2D eigenvalue weighted by Gasteiger charge is 2.36. The Balaban J connectivity index is 0.00000225. The second-order valence-electron chi connectivity index (χ2n) is 7.09. The van der Waals surface area contributed by atoms with Crippen LogP contribution in [0.5, 0.6) is 0 Å². The fraction of sp³-hybridized carbons (Fsp3) is 0.421. The van der Waals surface area contributed by atoms with E-state index in [4.69, 9.17) is 5.73 Å². The molecule has 1 atom stereocenters. The number of halogens is 2. The van der Waals surface area contributed by atoms with Gasteiger partial charge in [0.2, 0.25) is 0 Å². The Kier molecular flexibility index (Phi) is 6.02. The SMILES string of the molecule is Cc1cc(C(=O)N2CCC(C)(CN)C2)c(C)n1-c1cccc(Br)c1.Cl. The topological polar surface area (TPSA) is 51.3 Å². The van der Waals surface area contributed by atoms with Crippen molar-refractivity contribution in [3.63, 3.8) is 0 Å². The third kappa shape index (κ3) is 3.78. The minimum absolute atomic E-state index is 0. The molecule has 1 amide bonds. The van der Waals surface area contributed by atoms with Crippen LogP contribution in [0.15, 0.2) is 34.8 Å². The van der Waals surface area contributed by atoms with Crippen LogP contribution < -0.4 is 5.73 Å². The highest BCUT2D eigenvalue weighted by Crippen LogP contribution is 2.31. The average Bonchev–Trinajstić information content (AvgIpc) is 3.08. The Bertz CT molecular complexity index is 789. The van der Waals surface area contributed by atoms with Gasteiger partial charge in [0.15, 0.2) is 0 Å². The lowest BCUT2D eigenvalue weighted by Crippen LogP contribution is -2.34. The molecule has 0 aliphatic carbocycles. The zero-order valence-corrected chi connectivity index (χ0v) is 17.3. The second kappa shape index (κ2) is 7.52. The normalized spacial score (nSPS) is 19.8. The Hall–Kier alpha value is -1.30. The molecule has 0 bridgehead atoms. The largest absolute Gasteiger partial charge is 0.338 e. The number of benzene rings is 1. The summed E-state index contributed by atoms with van der Waals surface area (Å²) in [5.41, 5.74) is 9.81. The summed E-state index contributed by atoms with van der Waals surface area (Å²) in [6.07, 6.45) is 0.972. The number of carbonyl (C=O) groups is 1. The van der Waals surface area contributed by atoms with Crippen molar-refractivity contribution >= 4 is 34.2 Å². The Morgan fingerprint density at radius 1 is 1.32 bits per heavy atom. The first kappa shape index (κ1) is 20.0. The van der Waals surface area contributed by atoms with Gasteiger partial charge in [-0.05, 0) is 56.5 Å². The quantitative estimate of drug-likeness (QED) is 0.803. The van der Waals surface area contributed by atoms with Gasteiger partial charge >= 0.3 is 0 Å². The van der Waals surface area contributed by atoms with Crippen LogP contribution in [-0.4, -0.2) is 35.0 Å². The number of hydrogen-bond acceptors (Lipinski definition) is 2. The van der Waals surface area contributed by atoms with E-state index in [9.17, 15) is 4.79 Å². The van der Waals surface area contributed by atoms with Crippen LogP contribution in [0.25, 0.3) is 5.69 Å². The summed E-state index contributed by atoms with van der Waals surface area (Å²) in [6, 6.07) is 10.1. The molecular weight excluding hydrogens is 402 g/mol. The molecule has 0 spiro atoms. The molecule has 1 aromatic heterocycles. The van der Waals surface area contributed by atoms with Gasteiger partial charge in [0.25, 0.3) is 5.91 Å². The van der Waals surface area contributed by atoms with Crippen molar-refractivity contribution in [3.8, 4) is 5.69 Å². The summed E-state index contributed by atoms with van der Waals surface area (Å²) in [5, 5.41) is 0. The summed E-state index contributed by atoms with van der Waals surface area (Å²) in [6.45, 7) is 8.35. The van der Waals surface area contributed by atoms with Gasteiger partial charge in [-0.25, -0.2) is 0 Å². The smallest absolute Gasteiger partial charge is 0.255 e. The van der Waals surface area contributed by atoms with Crippen LogP contribution in [-0.2, 0) is 0 Å². The van der Waals surface area contributed by atoms with Gasteiger partial charge in [-0.15, -0.1) is 12.4 Å². The van der Waals surface area contributed by atoms with Crippen LogP contribution in [0.2, 0.25) is 0 Å². The van der Waals surface area contributed by atoms with E-state index in [-0.39, 0.29) is 23.7 Å². The molecule has 1 aromatic carbocycles. The van der Waals surface area contributed by atoms with Gasteiger partial charge < -0.3 is 15.2 Å². The molecule has 3 rings (SSSR count). The number of rotatable bonds is 3. The summed E-state index contributed by atoms with van der Waals surface area (Å²) >= 11 is 3.52. The molecular formula is C19H25BrClN3O. The summed E-state index contributed by atoms with van der Waals surface area (Å²) < 4.78 is 3.16. The van der Waals surface area contributed by atoms with Crippen LogP contribution in [0, 0.1) is 19.3 Å². The number of aryl methyl sites for hydroxylation is 1. The average molecular weight is 427 g/mol. The molecule has 4 nitrogen and oxygen atoms in total. The molecule has 1 unspecified atom stereocenters. The van der Waals surface area contributed by atoms with E-state index in [0.717, 1.165) is 46.6 Å². The lowest BCUT2D eigenvalue weighted by atomic mass is 9.90. The highest BCUT2D eigenvalue weighted by molar-refractivity contribution is 9.10. The van der Waals surface area contributed by atoms with Gasteiger partial charge in [0, 0.05) is 34.6 Å². The predicted molar refractivity (Wildman–Crippen MR) is 108 cm³/mol. The van der Waals surface area contributed by atoms with Crippen molar-refractivity contribution in [1.82, 2.24) is 9.47 Å². The molecule has 1 saturated heterocycles. The molecule has 1 aliphatic heterocycles. The van der Waals surface area contributed by atoms with Crippen LogP contribution in [0.4, 0.5) is 0 Å². The first-order chi connectivity index (χ1) is 11.3. The van der Waals surface area contributed by atoms with Gasteiger partial charge in [-0.2, -0.15) is 0 Å². The van der Waals surface area contributed by atoms with E-state index < -0.39 is 0 Å². The second-order valence-corrected chi connectivity index (χ2v) is 8.01. The van der Waals surface area contributed by atoms with Crippen molar-refractivity contribution < 1.29 is 4.79 Å². The van der Waals surface area contributed by atoms with E-state index in [0.29, 0.717) is 6.54 Å². The monoisotopic (exact) mass is 425 g/mol. The lowest BCUT2D eigenvalue weighted by molar-refractivity contribution is 0.0776. The molecule has 0 saturated carbocycles. The number of hydrogen-bond donors (Lipinski definition) is 1. The Labute approximate surface area is 163 Å². The van der Waals surface area contributed by atoms with Gasteiger partial charge in [0.1, 0.15) is 0 Å². The number of likely N-dealkylation sites (tertiary alicyclic amines) is 1. The first-order valence-corrected chi connectivity index (χ1v) is 9.08. The summed E-state index contributed by atoms with van der Waals surface area (Å²) in [7, 11) is 0. The van der Waals surface area contributed by atoms with E-state index in [1.807, 2.05) is 36.9 Å². The van der Waals surface area contributed by atoms with Crippen LogP contribution in [0.3, 0.4) is 0 Å². The maximum atomic E-state index is 13.0. The van der Waals surface area contributed by atoms with E-state index >= 15 is 0 Å². The van der Waals surface area contributed by atoms with E-state index in [1.54, 1.807) is 0 Å². The van der Waals surface area contributed by atoms with Crippen molar-refractivity contribution in [2.75, 3.05) is 19.6 Å². The number of nitrogens with two attached hydrogens (primary N) is 1. The molecule has 25 heavy (non-hydrogen) atoms. The fourth-order valence-corrected chi connectivity index (χ4v) is 3.91. The van der Waals surface area contributed by atoms with Crippen molar-refractivity contribution in [1.29, 1.82) is 0 Å². The molecule has 1 aliphatic rings. The number of amides is 1. The molecule has 0 radical (unpaired) electrons. The zero-order valence-electron chi connectivity index (χ0n) is 14.9. The molecule has 2 aromatic rings. The minimum atomic E-state index is 0. The summed E-state index contributed by atoms with van der Waals surface area (Å²) in [4.78, 5) is 14.9. The molecule has 2 N–H and O–H groups in total. The van der Waals surface area contributed by atoms with Crippen LogP contribution >= 0.6 is 28.3 Å². The zero-order chi connectivity index (χ0) is 17.5. The first-order valence-electron chi connectivity index (χ1n) is 8.29. The van der Waals surface area contributed by atoms with E-state index in [1.165, 1.54) is 0 Å². The number of nitrogens with zero attached hydrogens (tertiary/aromatic N) is 2. The maximum Gasteiger partial charge on any atom is 0.255 e. The van der Waals surface area contributed by atoms with Crippen molar-refractivity contribution in [3.05, 3.63) is 51.8 Å². The molecule has 1 fully saturated rings. The fourth-order valence-electron chi connectivity index (χ4n) is 3.53. The van der Waals surface area contributed by atoms with Crippen LogP contribution in [0.1, 0.15) is 35.1 Å². The Morgan fingerprint density at radius 3 is 2.64 bits per heavy atom. The highest BCUT2D eigenvalue weighted by atomic mass is 79.9. The Morgan fingerprint density at radius 2 is 2.04 bits per heavy atom.